The molecule has 17 heavy (non-hydrogen) atoms. The minimum atomic E-state index is 0.385. The van der Waals surface area contributed by atoms with Gasteiger partial charge in [-0.2, -0.15) is 0 Å². The maximum Gasteiger partial charge on any atom is 0.0590 e. The Morgan fingerprint density at radius 3 is 2.47 bits per heavy atom. The van der Waals surface area contributed by atoms with Crippen LogP contribution in [-0.4, -0.2) is 18.8 Å². The average Bonchev–Trinajstić information content (AvgIpc) is 2.40. The number of hydrogen-bond acceptors (Lipinski definition) is 2. The molecule has 0 spiro atoms. The van der Waals surface area contributed by atoms with Crippen LogP contribution in [0, 0.1) is 11.8 Å². The van der Waals surface area contributed by atoms with Gasteiger partial charge in [-0.1, -0.05) is 26.2 Å². The molecule has 0 radical (unpaired) electrons. The van der Waals surface area contributed by atoms with Crippen molar-refractivity contribution in [3.8, 4) is 0 Å². The van der Waals surface area contributed by atoms with Crippen molar-refractivity contribution in [2.75, 3.05) is 6.61 Å². The Balaban J connectivity index is 1.70. The molecule has 2 heteroatoms. The molecule has 0 bridgehead atoms. The lowest BCUT2D eigenvalue weighted by molar-refractivity contribution is 0.00223. The van der Waals surface area contributed by atoms with E-state index in [1.165, 1.54) is 51.4 Å². The molecule has 1 aliphatic carbocycles. The lowest BCUT2D eigenvalue weighted by Gasteiger charge is -2.34. The fraction of sp³-hybridized carbons (Fsp3) is 1.00. The van der Waals surface area contributed by atoms with Gasteiger partial charge in [-0.25, -0.2) is 0 Å². The average molecular weight is 239 g/mol. The number of nitrogens with two attached hydrogens (primary N) is 1. The predicted octanol–water partition coefficient (Wildman–Crippen LogP) is 3.49. The fourth-order valence-electron chi connectivity index (χ4n) is 3.51. The molecule has 1 aliphatic heterocycles. The van der Waals surface area contributed by atoms with E-state index in [1.807, 2.05) is 0 Å². The van der Waals surface area contributed by atoms with Gasteiger partial charge in [0.2, 0.25) is 0 Å². The highest BCUT2D eigenvalue weighted by Crippen LogP contribution is 2.33. The first-order valence-corrected chi connectivity index (χ1v) is 7.66. The Morgan fingerprint density at radius 2 is 1.88 bits per heavy atom. The molecule has 1 saturated carbocycles. The summed E-state index contributed by atoms with van der Waals surface area (Å²) in [5.74, 6) is 1.74. The first-order chi connectivity index (χ1) is 8.29. The van der Waals surface area contributed by atoms with Crippen molar-refractivity contribution in [3.05, 3.63) is 0 Å². The zero-order valence-corrected chi connectivity index (χ0v) is 11.4. The highest BCUT2D eigenvalue weighted by Gasteiger charge is 2.27. The topological polar surface area (TPSA) is 35.2 Å². The Kier molecular flexibility index (Phi) is 5.30. The molecule has 2 rings (SSSR count). The van der Waals surface area contributed by atoms with E-state index < -0.39 is 0 Å². The quantitative estimate of drug-likeness (QED) is 0.815. The zero-order valence-electron chi connectivity index (χ0n) is 11.4. The summed E-state index contributed by atoms with van der Waals surface area (Å²) in [6, 6.07) is 0.385. The van der Waals surface area contributed by atoms with E-state index in [4.69, 9.17) is 10.5 Å². The Bertz CT molecular complexity index is 205. The molecular formula is C15H29NO. The van der Waals surface area contributed by atoms with Gasteiger partial charge in [0.25, 0.3) is 0 Å². The van der Waals surface area contributed by atoms with Crippen LogP contribution in [0.2, 0.25) is 0 Å². The van der Waals surface area contributed by atoms with Gasteiger partial charge in [-0.05, 0) is 50.4 Å². The number of hydrogen-bond donors (Lipinski definition) is 1. The van der Waals surface area contributed by atoms with E-state index in [0.29, 0.717) is 12.1 Å². The molecule has 2 N–H and O–H groups in total. The summed E-state index contributed by atoms with van der Waals surface area (Å²) in [4.78, 5) is 0. The van der Waals surface area contributed by atoms with Crippen LogP contribution in [0.15, 0.2) is 0 Å². The number of rotatable bonds is 4. The van der Waals surface area contributed by atoms with Gasteiger partial charge in [0.15, 0.2) is 0 Å². The van der Waals surface area contributed by atoms with Crippen LogP contribution in [0.25, 0.3) is 0 Å². The standard InChI is InChI=1S/C15H29NO/c1-2-12-6-8-13(9-7-12)15(16)11-14-5-3-4-10-17-14/h12-15H,2-11,16H2,1H3. The van der Waals surface area contributed by atoms with Crippen molar-refractivity contribution in [1.82, 2.24) is 0 Å². The van der Waals surface area contributed by atoms with E-state index in [2.05, 4.69) is 6.92 Å². The van der Waals surface area contributed by atoms with E-state index in [9.17, 15) is 0 Å². The molecule has 1 saturated heterocycles. The van der Waals surface area contributed by atoms with E-state index >= 15 is 0 Å². The first-order valence-electron chi connectivity index (χ1n) is 7.66. The van der Waals surface area contributed by atoms with Crippen LogP contribution < -0.4 is 5.73 Å². The summed E-state index contributed by atoms with van der Waals surface area (Å²) in [7, 11) is 0. The monoisotopic (exact) mass is 239 g/mol. The van der Waals surface area contributed by atoms with Crippen LogP contribution in [0.4, 0.5) is 0 Å². The molecule has 2 aliphatic rings. The first kappa shape index (κ1) is 13.4. The summed E-state index contributed by atoms with van der Waals surface area (Å²) in [6.07, 6.45) is 12.2. The summed E-state index contributed by atoms with van der Waals surface area (Å²) in [6.45, 7) is 3.28. The van der Waals surface area contributed by atoms with Gasteiger partial charge < -0.3 is 10.5 Å². The molecule has 1 heterocycles. The fourth-order valence-corrected chi connectivity index (χ4v) is 3.51. The molecule has 2 fully saturated rings. The molecular weight excluding hydrogens is 210 g/mol. The van der Waals surface area contributed by atoms with Crippen molar-refractivity contribution >= 4 is 0 Å². The second-order valence-electron chi connectivity index (χ2n) is 6.08. The molecule has 0 aromatic heterocycles. The van der Waals surface area contributed by atoms with Crippen LogP contribution in [0.3, 0.4) is 0 Å². The summed E-state index contributed by atoms with van der Waals surface area (Å²) >= 11 is 0. The molecule has 0 aromatic carbocycles. The van der Waals surface area contributed by atoms with Crippen LogP contribution >= 0.6 is 0 Å². The normalized spacial score (nSPS) is 36.7. The maximum absolute atomic E-state index is 6.39. The third-order valence-corrected chi connectivity index (χ3v) is 4.88. The van der Waals surface area contributed by atoms with E-state index in [1.54, 1.807) is 0 Å². The molecule has 100 valence electrons. The SMILES string of the molecule is CCC1CCC(C(N)CC2CCCCO2)CC1. The van der Waals surface area contributed by atoms with Crippen molar-refractivity contribution in [3.63, 3.8) is 0 Å². The van der Waals surface area contributed by atoms with Crippen molar-refractivity contribution in [2.45, 2.75) is 76.9 Å². The number of ether oxygens (including phenoxy) is 1. The summed E-state index contributed by atoms with van der Waals surface area (Å²) < 4.78 is 5.80. The van der Waals surface area contributed by atoms with Gasteiger partial charge in [-0.15, -0.1) is 0 Å². The molecule has 2 atom stereocenters. The lowest BCUT2D eigenvalue weighted by atomic mass is 9.76. The smallest absolute Gasteiger partial charge is 0.0590 e. The summed E-state index contributed by atoms with van der Waals surface area (Å²) in [5, 5.41) is 0. The lowest BCUT2D eigenvalue weighted by Crippen LogP contribution is -2.37. The molecule has 2 unspecified atom stereocenters. The van der Waals surface area contributed by atoms with Crippen LogP contribution in [-0.2, 0) is 4.74 Å². The second kappa shape index (κ2) is 6.75. The third kappa shape index (κ3) is 3.96. The van der Waals surface area contributed by atoms with Crippen LogP contribution in [0.5, 0.6) is 0 Å². The van der Waals surface area contributed by atoms with Crippen molar-refractivity contribution < 1.29 is 4.74 Å². The second-order valence-corrected chi connectivity index (χ2v) is 6.08. The van der Waals surface area contributed by atoms with Crippen LogP contribution in [0.1, 0.15) is 64.7 Å². The van der Waals surface area contributed by atoms with E-state index in [-0.39, 0.29) is 0 Å². The van der Waals surface area contributed by atoms with Crippen molar-refractivity contribution in [1.29, 1.82) is 0 Å². The van der Waals surface area contributed by atoms with E-state index in [0.717, 1.165) is 24.9 Å². The predicted molar refractivity (Wildman–Crippen MR) is 71.9 cm³/mol. The largest absolute Gasteiger partial charge is 0.378 e. The van der Waals surface area contributed by atoms with Gasteiger partial charge in [0.05, 0.1) is 6.10 Å². The summed E-state index contributed by atoms with van der Waals surface area (Å²) in [5.41, 5.74) is 6.39. The highest BCUT2D eigenvalue weighted by atomic mass is 16.5. The third-order valence-electron chi connectivity index (χ3n) is 4.88. The Labute approximate surface area is 106 Å². The Morgan fingerprint density at radius 1 is 1.12 bits per heavy atom. The molecule has 0 aromatic rings. The van der Waals surface area contributed by atoms with Gasteiger partial charge in [0.1, 0.15) is 0 Å². The minimum absolute atomic E-state index is 0.385. The van der Waals surface area contributed by atoms with Gasteiger partial charge in [-0.3, -0.25) is 0 Å². The zero-order chi connectivity index (χ0) is 12.1. The minimum Gasteiger partial charge on any atom is -0.378 e. The van der Waals surface area contributed by atoms with Gasteiger partial charge >= 0.3 is 0 Å². The Hall–Kier alpha value is -0.0800. The van der Waals surface area contributed by atoms with Crippen molar-refractivity contribution in [2.24, 2.45) is 17.6 Å². The highest BCUT2D eigenvalue weighted by molar-refractivity contribution is 4.82. The van der Waals surface area contributed by atoms with Gasteiger partial charge in [0, 0.05) is 12.6 Å². The maximum atomic E-state index is 6.39. The molecule has 2 nitrogen and oxygen atoms in total. The molecule has 0 amide bonds.